The van der Waals surface area contributed by atoms with E-state index in [-0.39, 0.29) is 5.69 Å². The van der Waals surface area contributed by atoms with E-state index in [1.807, 2.05) is 0 Å². The van der Waals surface area contributed by atoms with Crippen LogP contribution in [0.3, 0.4) is 0 Å². The molecular formula is C12H11N5O4. The van der Waals surface area contributed by atoms with Crippen molar-refractivity contribution in [1.82, 2.24) is 9.55 Å². The Morgan fingerprint density at radius 3 is 2.81 bits per heavy atom. The quantitative estimate of drug-likeness (QED) is 0.474. The molecule has 0 aliphatic rings. The number of carbonyl (C=O) groups is 1. The maximum absolute atomic E-state index is 11.8. The molecule has 1 heterocycles. The average molecular weight is 289 g/mol. The number of nitrogen functional groups attached to an aromatic ring is 1. The van der Waals surface area contributed by atoms with Gasteiger partial charge in [0.2, 0.25) is 5.91 Å². The lowest BCUT2D eigenvalue weighted by Crippen LogP contribution is -2.29. The first-order chi connectivity index (χ1) is 9.97. The van der Waals surface area contributed by atoms with Crippen molar-refractivity contribution in [2.45, 2.75) is 6.54 Å². The molecular weight excluding hydrogens is 278 g/mol. The summed E-state index contributed by atoms with van der Waals surface area (Å²) in [6.45, 7) is -0.401. The number of benzene rings is 1. The molecule has 9 heteroatoms. The number of amides is 1. The first kappa shape index (κ1) is 14.2. The zero-order chi connectivity index (χ0) is 15.4. The second-order valence-electron chi connectivity index (χ2n) is 4.12. The van der Waals surface area contributed by atoms with Crippen LogP contribution in [0.5, 0.6) is 0 Å². The van der Waals surface area contributed by atoms with Crippen molar-refractivity contribution < 1.29 is 9.72 Å². The van der Waals surface area contributed by atoms with E-state index >= 15 is 0 Å². The van der Waals surface area contributed by atoms with Gasteiger partial charge < -0.3 is 11.1 Å². The normalized spacial score (nSPS) is 10.1. The highest BCUT2D eigenvalue weighted by atomic mass is 16.6. The van der Waals surface area contributed by atoms with Gasteiger partial charge >= 0.3 is 11.4 Å². The minimum Gasteiger partial charge on any atom is -0.397 e. The van der Waals surface area contributed by atoms with Crippen LogP contribution in [0.2, 0.25) is 0 Å². The topological polar surface area (TPSA) is 133 Å². The number of aromatic nitrogens is 2. The molecule has 2 aromatic rings. The van der Waals surface area contributed by atoms with Gasteiger partial charge in [0.05, 0.1) is 22.5 Å². The van der Waals surface area contributed by atoms with Gasteiger partial charge in [-0.1, -0.05) is 12.1 Å². The van der Waals surface area contributed by atoms with E-state index in [1.165, 1.54) is 0 Å². The smallest absolute Gasteiger partial charge is 0.348 e. The SMILES string of the molecule is Nc1ccccc1NC(=O)Cn1cc([N+](=O)[O-])cnc1=O. The Morgan fingerprint density at radius 1 is 1.43 bits per heavy atom. The van der Waals surface area contributed by atoms with Crippen LogP contribution in [0.1, 0.15) is 0 Å². The third-order valence-electron chi connectivity index (χ3n) is 2.60. The van der Waals surface area contributed by atoms with E-state index in [1.54, 1.807) is 24.3 Å². The summed E-state index contributed by atoms with van der Waals surface area (Å²) in [4.78, 5) is 36.6. The van der Waals surface area contributed by atoms with Crippen LogP contribution in [0.15, 0.2) is 41.5 Å². The van der Waals surface area contributed by atoms with Crippen molar-refractivity contribution in [1.29, 1.82) is 0 Å². The summed E-state index contributed by atoms with van der Waals surface area (Å²) in [6.07, 6.45) is 1.80. The van der Waals surface area contributed by atoms with Crippen LogP contribution < -0.4 is 16.7 Å². The van der Waals surface area contributed by atoms with Crippen molar-refractivity contribution in [2.24, 2.45) is 0 Å². The fraction of sp³-hybridized carbons (Fsp3) is 0.0833. The first-order valence-electron chi connectivity index (χ1n) is 5.82. The minimum absolute atomic E-state index is 0.371. The summed E-state index contributed by atoms with van der Waals surface area (Å²) in [6, 6.07) is 6.60. The van der Waals surface area contributed by atoms with E-state index in [9.17, 15) is 19.7 Å². The van der Waals surface area contributed by atoms with E-state index in [0.29, 0.717) is 11.4 Å². The summed E-state index contributed by atoms with van der Waals surface area (Å²) in [5.74, 6) is -0.544. The number of nitrogens with one attached hydrogen (secondary N) is 1. The van der Waals surface area contributed by atoms with Crippen LogP contribution in [0, 0.1) is 10.1 Å². The number of carbonyl (C=O) groups excluding carboxylic acids is 1. The summed E-state index contributed by atoms with van der Waals surface area (Å²) >= 11 is 0. The monoisotopic (exact) mass is 289 g/mol. The largest absolute Gasteiger partial charge is 0.397 e. The number of rotatable bonds is 4. The van der Waals surface area contributed by atoms with Crippen molar-refractivity contribution in [2.75, 3.05) is 11.1 Å². The summed E-state index contributed by atoms with van der Waals surface area (Å²) < 4.78 is 0.854. The van der Waals surface area contributed by atoms with Crippen molar-refractivity contribution >= 4 is 23.0 Å². The van der Waals surface area contributed by atoms with E-state index < -0.39 is 23.1 Å². The summed E-state index contributed by atoms with van der Waals surface area (Å²) in [5.41, 5.74) is 5.31. The number of nitro groups is 1. The molecule has 21 heavy (non-hydrogen) atoms. The predicted molar refractivity (Wildman–Crippen MR) is 74.6 cm³/mol. The Bertz CT molecular complexity index is 755. The third-order valence-corrected chi connectivity index (χ3v) is 2.60. The Balaban J connectivity index is 2.17. The molecule has 0 fully saturated rings. The highest BCUT2D eigenvalue weighted by Gasteiger charge is 2.12. The third kappa shape index (κ3) is 3.41. The van der Waals surface area contributed by atoms with Gasteiger partial charge in [-0.2, -0.15) is 4.98 Å². The molecule has 0 atom stereocenters. The lowest BCUT2D eigenvalue weighted by atomic mass is 10.2. The van der Waals surface area contributed by atoms with Gasteiger partial charge in [0, 0.05) is 0 Å². The molecule has 0 radical (unpaired) electrons. The molecule has 1 amide bonds. The fourth-order valence-electron chi connectivity index (χ4n) is 1.61. The Morgan fingerprint density at radius 2 is 2.14 bits per heavy atom. The van der Waals surface area contributed by atoms with E-state index in [0.717, 1.165) is 17.0 Å². The van der Waals surface area contributed by atoms with Gasteiger partial charge in [0.1, 0.15) is 12.7 Å². The highest BCUT2D eigenvalue weighted by molar-refractivity contribution is 5.93. The van der Waals surface area contributed by atoms with Gasteiger partial charge in [-0.05, 0) is 12.1 Å². The molecule has 3 N–H and O–H groups in total. The zero-order valence-electron chi connectivity index (χ0n) is 10.7. The fourth-order valence-corrected chi connectivity index (χ4v) is 1.61. The molecule has 0 saturated heterocycles. The standard InChI is InChI=1S/C12H11N5O4/c13-9-3-1-2-4-10(9)15-11(18)7-16-6-8(17(20)21)5-14-12(16)19/h1-6H,7,13H2,(H,15,18). The summed E-state index contributed by atoms with van der Waals surface area (Å²) in [5, 5.41) is 13.1. The van der Waals surface area contributed by atoms with Crippen molar-refractivity contribution in [3.63, 3.8) is 0 Å². The first-order valence-corrected chi connectivity index (χ1v) is 5.82. The second-order valence-corrected chi connectivity index (χ2v) is 4.12. The van der Waals surface area contributed by atoms with Crippen LogP contribution >= 0.6 is 0 Å². The molecule has 0 saturated carbocycles. The molecule has 2 rings (SSSR count). The Kier molecular flexibility index (Phi) is 3.93. The van der Waals surface area contributed by atoms with E-state index in [4.69, 9.17) is 5.73 Å². The number of para-hydroxylation sites is 2. The number of nitrogens with zero attached hydrogens (tertiary/aromatic N) is 3. The predicted octanol–water partition coefficient (Wildman–Crippen LogP) is 0.372. The van der Waals surface area contributed by atoms with Gasteiger partial charge in [-0.3, -0.25) is 19.5 Å². The van der Waals surface area contributed by atoms with Gasteiger partial charge in [0.15, 0.2) is 0 Å². The number of nitrogens with two attached hydrogens (primary N) is 1. The van der Waals surface area contributed by atoms with Gasteiger partial charge in [-0.25, -0.2) is 4.79 Å². The minimum atomic E-state index is -0.753. The van der Waals surface area contributed by atoms with Crippen molar-refractivity contribution in [3.05, 3.63) is 57.3 Å². The summed E-state index contributed by atoms with van der Waals surface area (Å²) in [7, 11) is 0. The maximum Gasteiger partial charge on any atom is 0.348 e. The molecule has 9 nitrogen and oxygen atoms in total. The van der Waals surface area contributed by atoms with Crippen LogP contribution in [0.25, 0.3) is 0 Å². The van der Waals surface area contributed by atoms with Gasteiger partial charge in [-0.15, -0.1) is 0 Å². The molecule has 1 aromatic heterocycles. The number of hydrogen-bond donors (Lipinski definition) is 2. The molecule has 0 bridgehead atoms. The number of hydrogen-bond acceptors (Lipinski definition) is 6. The molecule has 108 valence electrons. The molecule has 1 aromatic carbocycles. The molecule has 0 aliphatic carbocycles. The van der Waals surface area contributed by atoms with Gasteiger partial charge in [0.25, 0.3) is 0 Å². The number of anilines is 2. The Labute approximate surface area is 118 Å². The average Bonchev–Trinajstić information content (AvgIpc) is 2.43. The molecule has 0 unspecified atom stereocenters. The van der Waals surface area contributed by atoms with Crippen LogP contribution in [-0.2, 0) is 11.3 Å². The lowest BCUT2D eigenvalue weighted by molar-refractivity contribution is -0.385. The highest BCUT2D eigenvalue weighted by Crippen LogP contribution is 2.16. The van der Waals surface area contributed by atoms with Crippen LogP contribution in [-0.4, -0.2) is 20.4 Å². The maximum atomic E-state index is 11.8. The lowest BCUT2D eigenvalue weighted by Gasteiger charge is -2.08. The molecule has 0 spiro atoms. The Hall–Kier alpha value is -3.23. The van der Waals surface area contributed by atoms with E-state index in [2.05, 4.69) is 10.3 Å². The molecule has 0 aliphatic heterocycles. The second kappa shape index (κ2) is 5.82. The van der Waals surface area contributed by atoms with Crippen molar-refractivity contribution in [3.8, 4) is 0 Å². The van der Waals surface area contributed by atoms with Crippen LogP contribution in [0.4, 0.5) is 17.1 Å². The zero-order valence-corrected chi connectivity index (χ0v) is 10.7.